The van der Waals surface area contributed by atoms with Crippen molar-refractivity contribution in [2.75, 3.05) is 70.7 Å². The van der Waals surface area contributed by atoms with Gasteiger partial charge in [-0.15, -0.1) is 0 Å². The number of aromatic nitrogens is 2. The molecule has 1 aliphatic carbocycles. The molecule has 2 saturated heterocycles. The van der Waals surface area contributed by atoms with Gasteiger partial charge in [0.15, 0.2) is 0 Å². The Morgan fingerprint density at radius 2 is 1.80 bits per heavy atom. The molecule has 4 heterocycles. The van der Waals surface area contributed by atoms with Gasteiger partial charge in [0.1, 0.15) is 23.1 Å². The lowest BCUT2D eigenvalue weighted by atomic mass is 10.0. The Balaban J connectivity index is 1.07. The largest absolute Gasteiger partial charge is 0.494 e. The molecule has 7 rings (SSSR count). The Labute approximate surface area is 258 Å². The number of fused-ring (bicyclic) bond motifs is 2. The third kappa shape index (κ3) is 4.98. The van der Waals surface area contributed by atoms with Crippen LogP contribution in [-0.2, 0) is 5.54 Å². The van der Waals surface area contributed by atoms with Gasteiger partial charge >= 0.3 is 0 Å². The molecule has 1 aromatic heterocycles. The van der Waals surface area contributed by atoms with E-state index in [9.17, 15) is 10.1 Å². The van der Waals surface area contributed by atoms with Crippen LogP contribution in [0.25, 0.3) is 0 Å². The first-order valence-electron chi connectivity index (χ1n) is 15.4. The van der Waals surface area contributed by atoms with Crippen LogP contribution < -0.4 is 19.7 Å². The van der Waals surface area contributed by atoms with Crippen LogP contribution in [0.4, 0.5) is 17.3 Å². The molecule has 3 aromatic rings. The number of methoxy groups -OCH3 is 1. The highest BCUT2D eigenvalue weighted by Crippen LogP contribution is 2.57. The molecule has 0 bridgehead atoms. The molecule has 11 heteroatoms. The number of hydrogen-bond donors (Lipinski definition) is 1. The second-order valence-electron chi connectivity index (χ2n) is 12.3. The summed E-state index contributed by atoms with van der Waals surface area (Å²) < 4.78 is 11.9. The molecule has 3 fully saturated rings. The minimum Gasteiger partial charge on any atom is -0.494 e. The Kier molecular flexibility index (Phi) is 7.26. The van der Waals surface area contributed by atoms with E-state index in [1.165, 1.54) is 6.20 Å². The maximum atomic E-state index is 13.2. The van der Waals surface area contributed by atoms with E-state index < -0.39 is 0 Å². The molecule has 0 radical (unpaired) electrons. The van der Waals surface area contributed by atoms with E-state index >= 15 is 0 Å². The summed E-state index contributed by atoms with van der Waals surface area (Å²) in [4.78, 5) is 31.3. The van der Waals surface area contributed by atoms with Crippen molar-refractivity contribution in [2.45, 2.75) is 37.3 Å². The smallest absolute Gasteiger partial charge is 0.258 e. The normalized spacial score (nSPS) is 20.0. The van der Waals surface area contributed by atoms with Gasteiger partial charge in [-0.3, -0.25) is 9.69 Å². The second kappa shape index (κ2) is 11.3. The number of nitrogens with zero attached hydrogens (tertiary/aromatic N) is 7. The van der Waals surface area contributed by atoms with Crippen LogP contribution in [0.5, 0.6) is 17.4 Å². The highest BCUT2D eigenvalue weighted by molar-refractivity contribution is 6.03. The molecule has 1 spiro atoms. The third-order valence-corrected chi connectivity index (χ3v) is 9.81. The topological polar surface area (TPSA) is 110 Å². The summed E-state index contributed by atoms with van der Waals surface area (Å²) in [6, 6.07) is 14.5. The van der Waals surface area contributed by atoms with E-state index in [1.54, 1.807) is 18.1 Å². The molecule has 1 amide bonds. The molecule has 0 atom stereocenters. The van der Waals surface area contributed by atoms with Gasteiger partial charge in [-0.1, -0.05) is 12.1 Å². The summed E-state index contributed by atoms with van der Waals surface area (Å²) in [6.45, 7) is 6.62. The molecular formula is C33H38N8O3. The molecule has 1 saturated carbocycles. The van der Waals surface area contributed by atoms with Crippen LogP contribution >= 0.6 is 0 Å². The summed E-state index contributed by atoms with van der Waals surface area (Å²) in [5.41, 5.74) is 3.28. The Morgan fingerprint density at radius 3 is 2.50 bits per heavy atom. The minimum atomic E-state index is -0.231. The molecule has 1 N–H and O–H groups in total. The minimum absolute atomic E-state index is 0.0765. The number of piperazine rings is 1. The van der Waals surface area contributed by atoms with Gasteiger partial charge in [0.05, 0.1) is 30.1 Å². The number of piperidine rings is 1. The van der Waals surface area contributed by atoms with Gasteiger partial charge < -0.3 is 29.5 Å². The standard InChI is InChI=1S/C33H38N8O3/c1-38-15-17-41(18-16-38)23-9-13-40(14-10-23)24-7-8-26(28(19-24)43-3)36-32-35-21-22(20-34)30(37-32)44-27-6-4-5-25-29(27)31(42)39(2)33(25)11-12-33/h4-8,19,21,23H,9-18H2,1-3H3,(H,35,36,37). The summed E-state index contributed by atoms with van der Waals surface area (Å²) in [5.74, 6) is 1.33. The summed E-state index contributed by atoms with van der Waals surface area (Å²) in [6.07, 6.45) is 5.61. The predicted molar refractivity (Wildman–Crippen MR) is 167 cm³/mol. The first-order valence-corrected chi connectivity index (χ1v) is 15.4. The van der Waals surface area contributed by atoms with E-state index in [0.29, 0.717) is 28.8 Å². The monoisotopic (exact) mass is 594 g/mol. The number of rotatable bonds is 7. The van der Waals surface area contributed by atoms with Crippen molar-refractivity contribution in [1.29, 1.82) is 5.26 Å². The van der Waals surface area contributed by atoms with Crippen molar-refractivity contribution < 1.29 is 14.3 Å². The van der Waals surface area contributed by atoms with E-state index in [-0.39, 0.29) is 28.8 Å². The van der Waals surface area contributed by atoms with Crippen LogP contribution in [-0.4, -0.2) is 97.1 Å². The molecule has 228 valence electrons. The van der Waals surface area contributed by atoms with E-state index in [1.807, 2.05) is 31.3 Å². The summed E-state index contributed by atoms with van der Waals surface area (Å²) in [7, 11) is 5.68. The molecule has 3 aliphatic heterocycles. The van der Waals surface area contributed by atoms with Gasteiger partial charge in [0, 0.05) is 64.1 Å². The average Bonchev–Trinajstić information content (AvgIpc) is 3.83. The predicted octanol–water partition coefficient (Wildman–Crippen LogP) is 4.18. The molecule has 4 aliphatic rings. The van der Waals surface area contributed by atoms with E-state index in [4.69, 9.17) is 9.47 Å². The second-order valence-corrected chi connectivity index (χ2v) is 12.3. The van der Waals surface area contributed by atoms with Crippen molar-refractivity contribution in [1.82, 2.24) is 24.7 Å². The van der Waals surface area contributed by atoms with Crippen LogP contribution in [0.2, 0.25) is 0 Å². The van der Waals surface area contributed by atoms with Gasteiger partial charge in [-0.2, -0.15) is 10.2 Å². The number of likely N-dealkylation sites (N-methyl/N-ethyl adjacent to an activating group) is 1. The maximum absolute atomic E-state index is 13.2. The highest BCUT2D eigenvalue weighted by atomic mass is 16.5. The third-order valence-electron chi connectivity index (χ3n) is 9.81. The van der Waals surface area contributed by atoms with Gasteiger partial charge in [0.2, 0.25) is 11.8 Å². The zero-order valence-electron chi connectivity index (χ0n) is 25.5. The Morgan fingerprint density at radius 1 is 1.02 bits per heavy atom. The number of nitriles is 1. The molecule has 44 heavy (non-hydrogen) atoms. The van der Waals surface area contributed by atoms with Gasteiger partial charge in [-0.25, -0.2) is 4.98 Å². The van der Waals surface area contributed by atoms with Crippen LogP contribution in [0.3, 0.4) is 0 Å². The summed E-state index contributed by atoms with van der Waals surface area (Å²) in [5, 5.41) is 13.0. The number of ether oxygens (including phenoxy) is 2. The maximum Gasteiger partial charge on any atom is 0.258 e. The lowest BCUT2D eigenvalue weighted by Gasteiger charge is -2.42. The van der Waals surface area contributed by atoms with E-state index in [0.717, 1.165) is 76.2 Å². The number of carbonyl (C=O) groups is 1. The number of anilines is 3. The van der Waals surface area contributed by atoms with Crippen molar-refractivity contribution in [3.05, 3.63) is 59.3 Å². The fourth-order valence-corrected chi connectivity index (χ4v) is 6.95. The quantitative estimate of drug-likeness (QED) is 0.428. The molecule has 11 nitrogen and oxygen atoms in total. The lowest BCUT2D eigenvalue weighted by molar-refractivity contribution is 0.0753. The summed E-state index contributed by atoms with van der Waals surface area (Å²) >= 11 is 0. The van der Waals surface area contributed by atoms with Gasteiger partial charge in [0.25, 0.3) is 5.91 Å². The number of benzene rings is 2. The lowest BCUT2D eigenvalue weighted by Crippen LogP contribution is -2.52. The Bertz CT molecular complexity index is 1620. The Hall–Kier alpha value is -4.40. The first-order chi connectivity index (χ1) is 21.4. The molecule has 2 aromatic carbocycles. The van der Waals surface area contributed by atoms with Crippen LogP contribution in [0.15, 0.2) is 42.6 Å². The fraction of sp³-hybridized carbons (Fsp3) is 0.455. The molecule has 0 unspecified atom stereocenters. The van der Waals surface area contributed by atoms with Crippen molar-refractivity contribution in [3.8, 4) is 23.4 Å². The highest BCUT2D eigenvalue weighted by Gasteiger charge is 2.57. The van der Waals surface area contributed by atoms with Crippen molar-refractivity contribution in [3.63, 3.8) is 0 Å². The van der Waals surface area contributed by atoms with E-state index in [2.05, 4.69) is 49.2 Å². The SMILES string of the molecule is COc1cc(N2CCC(N3CCN(C)CC3)CC2)ccc1Nc1ncc(C#N)c(Oc2cccc3c2C(=O)N(C)C32CC2)n1. The fourth-order valence-electron chi connectivity index (χ4n) is 6.95. The zero-order chi connectivity index (χ0) is 30.4. The zero-order valence-corrected chi connectivity index (χ0v) is 25.5. The number of hydrogen-bond acceptors (Lipinski definition) is 10. The number of nitrogens with one attached hydrogen (secondary N) is 1. The number of amides is 1. The van der Waals surface area contributed by atoms with Crippen LogP contribution in [0.1, 0.15) is 47.2 Å². The molecular weight excluding hydrogens is 556 g/mol. The van der Waals surface area contributed by atoms with Crippen molar-refractivity contribution >= 4 is 23.2 Å². The van der Waals surface area contributed by atoms with Gasteiger partial charge in [-0.05, 0) is 56.5 Å². The van der Waals surface area contributed by atoms with Crippen LogP contribution in [0, 0.1) is 11.3 Å². The average molecular weight is 595 g/mol. The first kappa shape index (κ1) is 28.4. The number of carbonyl (C=O) groups excluding carboxylic acids is 1. The van der Waals surface area contributed by atoms with Crippen molar-refractivity contribution in [2.24, 2.45) is 0 Å².